The summed E-state index contributed by atoms with van der Waals surface area (Å²) in [5, 5.41) is 10.6. The number of nitro groups is 1. The third-order valence-electron chi connectivity index (χ3n) is 2.74. The molecule has 0 unspecified atom stereocenters. The van der Waals surface area contributed by atoms with Gasteiger partial charge in [0.25, 0.3) is 5.69 Å². The molecule has 0 spiro atoms. The maximum absolute atomic E-state index is 10.6. The topological polar surface area (TPSA) is 74.0 Å². The van der Waals surface area contributed by atoms with Crippen LogP contribution in [-0.4, -0.2) is 25.3 Å². The van der Waals surface area contributed by atoms with Crippen LogP contribution in [0.2, 0.25) is 0 Å². The minimum atomic E-state index is -0.455. The lowest BCUT2D eigenvalue weighted by atomic mass is 10.2. The van der Waals surface area contributed by atoms with Crippen LogP contribution in [0.1, 0.15) is 5.56 Å². The van der Waals surface area contributed by atoms with Gasteiger partial charge in [-0.25, -0.2) is 0 Å². The highest BCUT2D eigenvalue weighted by Gasteiger charge is 2.08. The lowest BCUT2D eigenvalue weighted by Crippen LogP contribution is -1.93. The Balaban J connectivity index is 2.24. The van der Waals surface area contributed by atoms with Gasteiger partial charge in [0, 0.05) is 25.4 Å². The number of aliphatic imine (C=N–C) groups is 1. The van der Waals surface area contributed by atoms with Crippen LogP contribution < -0.4 is 9.47 Å². The van der Waals surface area contributed by atoms with E-state index in [9.17, 15) is 10.1 Å². The van der Waals surface area contributed by atoms with Crippen LogP contribution in [0.3, 0.4) is 0 Å². The average molecular weight is 286 g/mol. The molecule has 2 aromatic rings. The van der Waals surface area contributed by atoms with Crippen molar-refractivity contribution in [3.8, 4) is 17.2 Å². The molecule has 0 aliphatic rings. The van der Waals surface area contributed by atoms with Gasteiger partial charge in [-0.15, -0.1) is 0 Å². The zero-order chi connectivity index (χ0) is 15.2. The first-order valence-electron chi connectivity index (χ1n) is 6.16. The van der Waals surface area contributed by atoms with Crippen LogP contribution >= 0.6 is 0 Å². The third kappa shape index (κ3) is 3.56. The van der Waals surface area contributed by atoms with Crippen molar-refractivity contribution in [2.75, 3.05) is 14.2 Å². The molecular weight excluding hydrogens is 272 g/mol. The molecule has 0 saturated heterocycles. The normalized spacial score (nSPS) is 10.6. The maximum atomic E-state index is 10.6. The standard InChI is InChI=1S/C15H14N2O4/c1-16-10-11-3-8-14(15(9-11)20-2)21-13-6-4-12(5-7-13)17(18)19/h3-10H,1-2H3/b16-10+. The van der Waals surface area contributed by atoms with Gasteiger partial charge in [-0.1, -0.05) is 0 Å². The fraction of sp³-hybridized carbons (Fsp3) is 0.133. The van der Waals surface area contributed by atoms with Crippen LogP contribution in [-0.2, 0) is 0 Å². The van der Waals surface area contributed by atoms with E-state index in [1.165, 1.54) is 12.1 Å². The first-order chi connectivity index (χ1) is 10.1. The van der Waals surface area contributed by atoms with Gasteiger partial charge in [0.05, 0.1) is 12.0 Å². The Morgan fingerprint density at radius 1 is 1.14 bits per heavy atom. The van der Waals surface area contributed by atoms with E-state index in [0.29, 0.717) is 17.2 Å². The molecule has 0 bridgehead atoms. The van der Waals surface area contributed by atoms with E-state index in [1.807, 2.05) is 6.07 Å². The van der Waals surface area contributed by atoms with E-state index >= 15 is 0 Å². The van der Waals surface area contributed by atoms with Crippen LogP contribution in [0.25, 0.3) is 0 Å². The Morgan fingerprint density at radius 3 is 2.43 bits per heavy atom. The number of benzene rings is 2. The third-order valence-corrected chi connectivity index (χ3v) is 2.74. The van der Waals surface area contributed by atoms with Crippen molar-refractivity contribution in [3.63, 3.8) is 0 Å². The molecule has 0 amide bonds. The fourth-order valence-corrected chi connectivity index (χ4v) is 1.76. The van der Waals surface area contributed by atoms with Crippen LogP contribution in [0, 0.1) is 10.1 Å². The number of ether oxygens (including phenoxy) is 2. The monoisotopic (exact) mass is 286 g/mol. The summed E-state index contributed by atoms with van der Waals surface area (Å²) < 4.78 is 10.9. The van der Waals surface area contributed by atoms with Crippen molar-refractivity contribution in [1.82, 2.24) is 0 Å². The van der Waals surface area contributed by atoms with Crippen molar-refractivity contribution < 1.29 is 14.4 Å². The molecule has 2 aromatic carbocycles. The smallest absolute Gasteiger partial charge is 0.269 e. The lowest BCUT2D eigenvalue weighted by Gasteiger charge is -2.10. The van der Waals surface area contributed by atoms with Crippen molar-refractivity contribution in [2.45, 2.75) is 0 Å². The predicted octanol–water partition coefficient (Wildman–Crippen LogP) is 3.44. The van der Waals surface area contributed by atoms with Gasteiger partial charge in [-0.2, -0.15) is 0 Å². The molecule has 6 nitrogen and oxygen atoms in total. The van der Waals surface area contributed by atoms with E-state index in [2.05, 4.69) is 4.99 Å². The van der Waals surface area contributed by atoms with Crippen LogP contribution in [0.5, 0.6) is 17.2 Å². The maximum Gasteiger partial charge on any atom is 0.269 e. The minimum absolute atomic E-state index is 0.0174. The van der Waals surface area contributed by atoms with Gasteiger partial charge < -0.3 is 9.47 Å². The second-order valence-corrected chi connectivity index (χ2v) is 4.15. The highest BCUT2D eigenvalue weighted by Crippen LogP contribution is 2.32. The molecule has 0 aliphatic carbocycles. The molecule has 6 heteroatoms. The summed E-state index contributed by atoms with van der Waals surface area (Å²) in [7, 11) is 3.23. The van der Waals surface area contributed by atoms with E-state index in [-0.39, 0.29) is 5.69 Å². The largest absolute Gasteiger partial charge is 0.493 e. The highest BCUT2D eigenvalue weighted by atomic mass is 16.6. The Bertz CT molecular complexity index is 666. The molecule has 21 heavy (non-hydrogen) atoms. The van der Waals surface area contributed by atoms with Gasteiger partial charge in [0.1, 0.15) is 5.75 Å². The second-order valence-electron chi connectivity index (χ2n) is 4.15. The molecule has 0 aromatic heterocycles. The zero-order valence-electron chi connectivity index (χ0n) is 11.6. The molecule has 0 saturated carbocycles. The summed E-state index contributed by atoms with van der Waals surface area (Å²) in [5.41, 5.74) is 0.911. The number of hydrogen-bond donors (Lipinski definition) is 0. The second kappa shape index (κ2) is 6.51. The summed E-state index contributed by atoms with van der Waals surface area (Å²) in [5.74, 6) is 1.58. The van der Waals surface area contributed by atoms with E-state index in [1.54, 1.807) is 44.6 Å². The van der Waals surface area contributed by atoms with Gasteiger partial charge in [0.15, 0.2) is 11.5 Å². The van der Waals surface area contributed by atoms with Crippen molar-refractivity contribution in [1.29, 1.82) is 0 Å². The average Bonchev–Trinajstić information content (AvgIpc) is 2.49. The molecule has 0 heterocycles. The first kappa shape index (κ1) is 14.5. The number of methoxy groups -OCH3 is 1. The van der Waals surface area contributed by atoms with Crippen molar-refractivity contribution >= 4 is 11.9 Å². The molecule has 2 rings (SSSR count). The SMILES string of the molecule is C/N=C/c1ccc(Oc2ccc([N+](=O)[O-])cc2)c(OC)c1. The van der Waals surface area contributed by atoms with Crippen molar-refractivity contribution in [3.05, 3.63) is 58.1 Å². The predicted molar refractivity (Wildman–Crippen MR) is 79.7 cm³/mol. The van der Waals surface area contributed by atoms with Gasteiger partial charge in [-0.05, 0) is 35.9 Å². The summed E-state index contributed by atoms with van der Waals surface area (Å²) in [6, 6.07) is 11.3. The van der Waals surface area contributed by atoms with Crippen molar-refractivity contribution in [2.24, 2.45) is 4.99 Å². The summed E-state index contributed by atoms with van der Waals surface area (Å²) >= 11 is 0. The minimum Gasteiger partial charge on any atom is -0.493 e. The number of nitrogens with zero attached hydrogens (tertiary/aromatic N) is 2. The van der Waals surface area contributed by atoms with E-state index < -0.39 is 4.92 Å². The zero-order valence-corrected chi connectivity index (χ0v) is 11.6. The molecule has 0 atom stereocenters. The first-order valence-corrected chi connectivity index (χ1v) is 6.16. The number of nitro benzene ring substituents is 1. The number of non-ortho nitro benzene ring substituents is 1. The van der Waals surface area contributed by atoms with E-state index in [0.717, 1.165) is 5.56 Å². The number of hydrogen-bond acceptors (Lipinski definition) is 5. The quantitative estimate of drug-likeness (QED) is 0.479. The van der Waals surface area contributed by atoms with Gasteiger partial charge >= 0.3 is 0 Å². The Hall–Kier alpha value is -2.89. The molecule has 0 fully saturated rings. The Kier molecular flexibility index (Phi) is 4.50. The molecule has 0 N–H and O–H groups in total. The fourth-order valence-electron chi connectivity index (χ4n) is 1.76. The molecular formula is C15H14N2O4. The van der Waals surface area contributed by atoms with Crippen LogP contribution in [0.4, 0.5) is 5.69 Å². The van der Waals surface area contributed by atoms with E-state index in [4.69, 9.17) is 9.47 Å². The highest BCUT2D eigenvalue weighted by molar-refractivity contribution is 5.80. The lowest BCUT2D eigenvalue weighted by molar-refractivity contribution is -0.384. The Labute approximate surface area is 121 Å². The number of rotatable bonds is 5. The van der Waals surface area contributed by atoms with Gasteiger partial charge in [0.2, 0.25) is 0 Å². The molecule has 0 aliphatic heterocycles. The molecule has 108 valence electrons. The summed E-state index contributed by atoms with van der Waals surface area (Å²) in [4.78, 5) is 14.1. The Morgan fingerprint density at radius 2 is 1.86 bits per heavy atom. The van der Waals surface area contributed by atoms with Gasteiger partial charge in [-0.3, -0.25) is 15.1 Å². The van der Waals surface area contributed by atoms with Crippen LogP contribution in [0.15, 0.2) is 47.5 Å². The summed E-state index contributed by atoms with van der Waals surface area (Å²) in [6.07, 6.45) is 1.71. The summed E-state index contributed by atoms with van der Waals surface area (Å²) in [6.45, 7) is 0. The molecule has 0 radical (unpaired) electrons.